The summed E-state index contributed by atoms with van der Waals surface area (Å²) in [6.07, 6.45) is 0. The summed E-state index contributed by atoms with van der Waals surface area (Å²) in [6, 6.07) is 6.17. The number of carbonyl (C=O) groups excluding carboxylic acids is 1. The third-order valence-electron chi connectivity index (χ3n) is 2.16. The lowest BCUT2D eigenvalue weighted by Gasteiger charge is -2.10. The highest BCUT2D eigenvalue weighted by molar-refractivity contribution is 7.89. The lowest BCUT2D eigenvalue weighted by molar-refractivity contribution is -0.120. The van der Waals surface area contributed by atoms with Gasteiger partial charge >= 0.3 is 0 Å². The third-order valence-corrected chi connectivity index (χ3v) is 3.63. The molecule has 18 heavy (non-hydrogen) atoms. The maximum Gasteiger partial charge on any atom is 0.250 e. The summed E-state index contributed by atoms with van der Waals surface area (Å²) >= 11 is 0. The second-order valence-electron chi connectivity index (χ2n) is 3.39. The van der Waals surface area contributed by atoms with E-state index in [-0.39, 0.29) is 17.2 Å². The number of anilines is 1. The Morgan fingerprint density at radius 3 is 2.61 bits per heavy atom. The molecule has 2 N–H and O–H groups in total. The van der Waals surface area contributed by atoms with Crippen LogP contribution in [0.2, 0.25) is 0 Å². The van der Waals surface area contributed by atoms with Gasteiger partial charge in [0.1, 0.15) is 11.5 Å². The molecular formula is C11H16N2O4S. The Labute approximate surface area is 106 Å². The van der Waals surface area contributed by atoms with Crippen LogP contribution >= 0.6 is 0 Å². The SMILES string of the molecule is CCOCC(=O)Nc1ccccc1S(=O)(=O)NC. The van der Waals surface area contributed by atoms with Gasteiger partial charge in [-0.25, -0.2) is 13.1 Å². The van der Waals surface area contributed by atoms with Gasteiger partial charge in [0.2, 0.25) is 15.9 Å². The first-order valence-electron chi connectivity index (χ1n) is 5.41. The molecule has 1 amide bonds. The predicted molar refractivity (Wildman–Crippen MR) is 67.8 cm³/mol. The van der Waals surface area contributed by atoms with E-state index in [1.165, 1.54) is 19.2 Å². The van der Waals surface area contributed by atoms with Crippen molar-refractivity contribution < 1.29 is 17.9 Å². The molecule has 0 bridgehead atoms. The second kappa shape index (κ2) is 6.48. The van der Waals surface area contributed by atoms with E-state index in [1.54, 1.807) is 19.1 Å². The zero-order chi connectivity index (χ0) is 13.6. The zero-order valence-electron chi connectivity index (χ0n) is 10.3. The fourth-order valence-corrected chi connectivity index (χ4v) is 2.18. The predicted octanol–water partition coefficient (Wildman–Crippen LogP) is 0.570. The van der Waals surface area contributed by atoms with E-state index >= 15 is 0 Å². The van der Waals surface area contributed by atoms with Crippen LogP contribution in [-0.2, 0) is 19.6 Å². The summed E-state index contributed by atoms with van der Waals surface area (Å²) in [5.41, 5.74) is 0.233. The van der Waals surface area contributed by atoms with Crippen molar-refractivity contribution in [1.82, 2.24) is 4.72 Å². The lowest BCUT2D eigenvalue weighted by Crippen LogP contribution is -2.23. The molecule has 0 unspecified atom stereocenters. The van der Waals surface area contributed by atoms with Crippen LogP contribution in [0.15, 0.2) is 29.2 Å². The molecule has 100 valence electrons. The number of hydrogen-bond acceptors (Lipinski definition) is 4. The highest BCUT2D eigenvalue weighted by Gasteiger charge is 2.17. The van der Waals surface area contributed by atoms with Crippen LogP contribution in [0, 0.1) is 0 Å². The average molecular weight is 272 g/mol. The summed E-state index contributed by atoms with van der Waals surface area (Å²) < 4.78 is 30.6. The van der Waals surface area contributed by atoms with Crippen LogP contribution in [0.5, 0.6) is 0 Å². The monoisotopic (exact) mass is 272 g/mol. The summed E-state index contributed by atoms with van der Waals surface area (Å²) in [4.78, 5) is 11.5. The van der Waals surface area contributed by atoms with Gasteiger partial charge in [-0.1, -0.05) is 12.1 Å². The number of rotatable bonds is 6. The summed E-state index contributed by atoms with van der Waals surface area (Å²) in [7, 11) is -2.29. The quantitative estimate of drug-likeness (QED) is 0.793. The van der Waals surface area contributed by atoms with E-state index in [9.17, 15) is 13.2 Å². The largest absolute Gasteiger partial charge is 0.372 e. The fourth-order valence-electron chi connectivity index (χ4n) is 1.30. The average Bonchev–Trinajstić information content (AvgIpc) is 2.37. The molecule has 0 saturated heterocycles. The highest BCUT2D eigenvalue weighted by atomic mass is 32.2. The molecule has 6 nitrogen and oxygen atoms in total. The molecule has 1 aromatic carbocycles. The van der Waals surface area contributed by atoms with Gasteiger partial charge in [-0.2, -0.15) is 0 Å². The Balaban J connectivity index is 2.93. The molecule has 0 spiro atoms. The van der Waals surface area contributed by atoms with E-state index in [0.29, 0.717) is 6.61 Å². The number of amides is 1. The van der Waals surface area contributed by atoms with E-state index in [1.807, 2.05) is 0 Å². The van der Waals surface area contributed by atoms with Crippen molar-refractivity contribution in [1.29, 1.82) is 0 Å². The number of para-hydroxylation sites is 1. The molecule has 0 aliphatic rings. The first kappa shape index (κ1) is 14.6. The summed E-state index contributed by atoms with van der Waals surface area (Å²) in [5, 5.41) is 2.50. The Morgan fingerprint density at radius 2 is 2.00 bits per heavy atom. The van der Waals surface area contributed by atoms with Gasteiger partial charge in [-0.3, -0.25) is 4.79 Å². The van der Waals surface area contributed by atoms with Gasteiger partial charge < -0.3 is 10.1 Å². The molecule has 0 heterocycles. The molecule has 0 aliphatic heterocycles. The summed E-state index contributed by atoms with van der Waals surface area (Å²) in [6.45, 7) is 2.08. The van der Waals surface area contributed by atoms with Crippen LogP contribution in [-0.4, -0.2) is 34.6 Å². The van der Waals surface area contributed by atoms with Gasteiger partial charge in [0.15, 0.2) is 0 Å². The van der Waals surface area contributed by atoms with E-state index in [0.717, 1.165) is 0 Å². The van der Waals surface area contributed by atoms with E-state index in [4.69, 9.17) is 4.74 Å². The number of hydrogen-bond donors (Lipinski definition) is 2. The highest BCUT2D eigenvalue weighted by Crippen LogP contribution is 2.20. The first-order valence-corrected chi connectivity index (χ1v) is 6.89. The third kappa shape index (κ3) is 3.80. The molecule has 0 radical (unpaired) electrons. The Morgan fingerprint density at radius 1 is 1.33 bits per heavy atom. The van der Waals surface area contributed by atoms with Gasteiger partial charge in [0, 0.05) is 6.61 Å². The van der Waals surface area contributed by atoms with Crippen molar-refractivity contribution in [3.63, 3.8) is 0 Å². The smallest absolute Gasteiger partial charge is 0.250 e. The normalized spacial score (nSPS) is 11.2. The van der Waals surface area contributed by atoms with Gasteiger partial charge in [-0.15, -0.1) is 0 Å². The molecule has 0 saturated carbocycles. The fraction of sp³-hybridized carbons (Fsp3) is 0.364. The standard InChI is InChI=1S/C11H16N2O4S/c1-3-17-8-11(14)13-9-6-4-5-7-10(9)18(15,16)12-2/h4-7,12H,3,8H2,1-2H3,(H,13,14). The minimum atomic E-state index is -3.60. The molecule has 1 aromatic rings. The van der Waals surface area contributed by atoms with Crippen molar-refractivity contribution in [2.24, 2.45) is 0 Å². The molecule has 1 rings (SSSR count). The Bertz CT molecular complexity index is 514. The number of ether oxygens (including phenoxy) is 1. The molecule has 0 aliphatic carbocycles. The van der Waals surface area contributed by atoms with Crippen LogP contribution in [0.3, 0.4) is 0 Å². The maximum atomic E-state index is 11.7. The molecule has 0 aromatic heterocycles. The summed E-state index contributed by atoms with van der Waals surface area (Å²) in [5.74, 6) is -0.393. The molecule has 0 atom stereocenters. The Kier molecular flexibility index (Phi) is 5.26. The van der Waals surface area contributed by atoms with Gasteiger partial charge in [0.05, 0.1) is 5.69 Å². The second-order valence-corrected chi connectivity index (χ2v) is 5.24. The van der Waals surface area contributed by atoms with Crippen molar-refractivity contribution in [3.8, 4) is 0 Å². The van der Waals surface area contributed by atoms with Crippen LogP contribution in [0.4, 0.5) is 5.69 Å². The topological polar surface area (TPSA) is 84.5 Å². The minimum Gasteiger partial charge on any atom is -0.372 e. The first-order chi connectivity index (χ1) is 8.51. The Hall–Kier alpha value is -1.44. The van der Waals surface area contributed by atoms with Crippen LogP contribution in [0.1, 0.15) is 6.92 Å². The number of carbonyl (C=O) groups is 1. The van der Waals surface area contributed by atoms with E-state index in [2.05, 4.69) is 10.0 Å². The van der Waals surface area contributed by atoms with Crippen molar-refractivity contribution >= 4 is 21.6 Å². The molecule has 0 fully saturated rings. The van der Waals surface area contributed by atoms with E-state index < -0.39 is 15.9 Å². The van der Waals surface area contributed by atoms with Crippen molar-refractivity contribution in [3.05, 3.63) is 24.3 Å². The zero-order valence-corrected chi connectivity index (χ0v) is 11.1. The number of benzene rings is 1. The van der Waals surface area contributed by atoms with Crippen molar-refractivity contribution in [2.45, 2.75) is 11.8 Å². The maximum absolute atomic E-state index is 11.7. The van der Waals surface area contributed by atoms with Crippen molar-refractivity contribution in [2.75, 3.05) is 25.6 Å². The lowest BCUT2D eigenvalue weighted by atomic mass is 10.3. The number of nitrogens with one attached hydrogen (secondary N) is 2. The minimum absolute atomic E-state index is 0.0253. The van der Waals surface area contributed by atoms with Gasteiger partial charge in [0.25, 0.3) is 0 Å². The van der Waals surface area contributed by atoms with Crippen LogP contribution < -0.4 is 10.0 Å². The number of sulfonamides is 1. The van der Waals surface area contributed by atoms with Crippen LogP contribution in [0.25, 0.3) is 0 Å². The molecular weight excluding hydrogens is 256 g/mol. The van der Waals surface area contributed by atoms with Gasteiger partial charge in [-0.05, 0) is 26.1 Å². The molecule has 7 heteroatoms.